The summed E-state index contributed by atoms with van der Waals surface area (Å²) in [5, 5.41) is 7.21. The molecule has 1 aromatic heterocycles. The number of nitrogens with one attached hydrogen (secondary N) is 1. The van der Waals surface area contributed by atoms with E-state index < -0.39 is 9.84 Å². The number of hydrogen-bond acceptors (Lipinski definition) is 4. The minimum atomic E-state index is -3.00. The molecule has 122 valence electrons. The van der Waals surface area contributed by atoms with Crippen molar-refractivity contribution in [1.82, 2.24) is 9.78 Å². The van der Waals surface area contributed by atoms with Gasteiger partial charge in [-0.25, -0.2) is 13.1 Å². The maximum Gasteiger partial charge on any atom is 0.229 e. The predicted octanol–water partition coefficient (Wildman–Crippen LogP) is 1.73. The van der Waals surface area contributed by atoms with Gasteiger partial charge >= 0.3 is 0 Å². The summed E-state index contributed by atoms with van der Waals surface area (Å²) >= 11 is 0. The Labute approximate surface area is 135 Å². The molecule has 3 rings (SSSR count). The lowest BCUT2D eigenvalue weighted by Crippen LogP contribution is -2.20. The molecule has 0 saturated carbocycles. The molecule has 6 nitrogen and oxygen atoms in total. The second-order valence-electron chi connectivity index (χ2n) is 5.88. The van der Waals surface area contributed by atoms with Gasteiger partial charge in [-0.15, -0.1) is 0 Å². The van der Waals surface area contributed by atoms with Crippen molar-refractivity contribution in [2.24, 2.45) is 0 Å². The molecule has 0 unspecified atom stereocenters. The summed E-state index contributed by atoms with van der Waals surface area (Å²) in [4.78, 5) is 12.2. The highest BCUT2D eigenvalue weighted by Gasteiger charge is 2.31. The van der Waals surface area contributed by atoms with E-state index in [9.17, 15) is 13.2 Å². The number of sulfone groups is 1. The van der Waals surface area contributed by atoms with E-state index in [1.807, 2.05) is 37.3 Å². The fourth-order valence-corrected chi connectivity index (χ4v) is 4.52. The highest BCUT2D eigenvalue weighted by atomic mass is 32.2. The Bertz CT molecular complexity index is 812. The average Bonchev–Trinajstić information content (AvgIpc) is 3.02. The summed E-state index contributed by atoms with van der Waals surface area (Å²) < 4.78 is 25.0. The first kappa shape index (κ1) is 15.7. The van der Waals surface area contributed by atoms with E-state index in [0.29, 0.717) is 12.2 Å². The molecule has 1 aromatic carbocycles. The van der Waals surface area contributed by atoms with Crippen LogP contribution in [-0.2, 0) is 21.1 Å². The zero-order chi connectivity index (χ0) is 16.4. The van der Waals surface area contributed by atoms with Crippen LogP contribution in [0.2, 0.25) is 0 Å². The van der Waals surface area contributed by atoms with Crippen LogP contribution in [0.15, 0.2) is 36.4 Å². The Morgan fingerprint density at radius 3 is 2.74 bits per heavy atom. The van der Waals surface area contributed by atoms with Gasteiger partial charge in [-0.1, -0.05) is 30.3 Å². The maximum atomic E-state index is 12.2. The molecule has 23 heavy (non-hydrogen) atoms. The first-order valence-corrected chi connectivity index (χ1v) is 9.35. The van der Waals surface area contributed by atoms with Gasteiger partial charge in [0, 0.05) is 6.07 Å². The fraction of sp³-hybridized carbons (Fsp3) is 0.375. The van der Waals surface area contributed by atoms with Gasteiger partial charge in [0.1, 0.15) is 5.82 Å². The van der Waals surface area contributed by atoms with Crippen LogP contribution in [-0.4, -0.2) is 35.6 Å². The molecule has 0 spiro atoms. The van der Waals surface area contributed by atoms with Crippen LogP contribution >= 0.6 is 0 Å². The summed E-state index contributed by atoms with van der Waals surface area (Å²) in [7, 11) is -3.00. The number of rotatable bonds is 4. The smallest absolute Gasteiger partial charge is 0.229 e. The molecule has 1 saturated heterocycles. The molecule has 0 radical (unpaired) electrons. The molecule has 1 aliphatic heterocycles. The van der Waals surface area contributed by atoms with Crippen molar-refractivity contribution in [2.45, 2.75) is 25.8 Å². The Morgan fingerprint density at radius 1 is 1.35 bits per heavy atom. The van der Waals surface area contributed by atoms with Crippen LogP contribution in [0.4, 0.5) is 5.82 Å². The van der Waals surface area contributed by atoms with Gasteiger partial charge in [0.2, 0.25) is 5.91 Å². The first-order chi connectivity index (χ1) is 10.9. The molecule has 2 heterocycles. The van der Waals surface area contributed by atoms with Crippen LogP contribution in [0.1, 0.15) is 23.7 Å². The van der Waals surface area contributed by atoms with Crippen molar-refractivity contribution in [3.05, 3.63) is 47.7 Å². The lowest BCUT2D eigenvalue weighted by molar-refractivity contribution is -0.115. The molecular formula is C16H19N3O3S. The monoisotopic (exact) mass is 333 g/mol. The molecule has 1 fully saturated rings. The van der Waals surface area contributed by atoms with E-state index in [2.05, 4.69) is 10.4 Å². The summed E-state index contributed by atoms with van der Waals surface area (Å²) in [6, 6.07) is 11.0. The lowest BCUT2D eigenvalue weighted by atomic mass is 10.1. The van der Waals surface area contributed by atoms with Gasteiger partial charge in [-0.3, -0.25) is 4.79 Å². The SMILES string of the molecule is Cc1cc(NC(=O)Cc2ccccc2)n([C@@H]2CCS(=O)(=O)C2)n1. The topological polar surface area (TPSA) is 81.1 Å². The quantitative estimate of drug-likeness (QED) is 0.924. The number of aryl methyl sites for hydroxylation is 1. The summed E-state index contributed by atoms with van der Waals surface area (Å²) in [6.07, 6.45) is 0.805. The normalized spacial score (nSPS) is 19.6. The third-order valence-electron chi connectivity index (χ3n) is 3.89. The Hall–Kier alpha value is -2.15. The first-order valence-electron chi connectivity index (χ1n) is 7.53. The molecule has 1 N–H and O–H groups in total. The molecule has 0 bridgehead atoms. The van der Waals surface area contributed by atoms with Crippen molar-refractivity contribution in [2.75, 3.05) is 16.8 Å². The Morgan fingerprint density at radius 2 is 2.09 bits per heavy atom. The van der Waals surface area contributed by atoms with Crippen LogP contribution < -0.4 is 5.32 Å². The van der Waals surface area contributed by atoms with Crippen molar-refractivity contribution in [3.8, 4) is 0 Å². The minimum Gasteiger partial charge on any atom is -0.311 e. The van der Waals surface area contributed by atoms with Crippen molar-refractivity contribution in [1.29, 1.82) is 0 Å². The van der Waals surface area contributed by atoms with E-state index in [4.69, 9.17) is 0 Å². The second-order valence-corrected chi connectivity index (χ2v) is 8.11. The standard InChI is InChI=1S/C16H19N3O3S/c1-12-9-15(17-16(20)10-13-5-3-2-4-6-13)19(18-12)14-7-8-23(21,22)11-14/h2-6,9,14H,7-8,10-11H2,1H3,(H,17,20)/t14-/m1/s1. The van der Waals surface area contributed by atoms with Crippen molar-refractivity contribution >= 4 is 21.6 Å². The molecule has 1 amide bonds. The highest BCUT2D eigenvalue weighted by molar-refractivity contribution is 7.91. The number of carbonyl (C=O) groups excluding carboxylic acids is 1. The number of aromatic nitrogens is 2. The summed E-state index contributed by atoms with van der Waals surface area (Å²) in [6.45, 7) is 1.83. The molecule has 1 atom stereocenters. The highest BCUT2D eigenvalue weighted by Crippen LogP contribution is 2.27. The third-order valence-corrected chi connectivity index (χ3v) is 5.64. The van der Waals surface area contributed by atoms with Crippen molar-refractivity contribution in [3.63, 3.8) is 0 Å². The average molecular weight is 333 g/mol. The van der Waals surface area contributed by atoms with Crippen LogP contribution in [0.25, 0.3) is 0 Å². The minimum absolute atomic E-state index is 0.0790. The number of nitrogens with zero attached hydrogens (tertiary/aromatic N) is 2. The number of carbonyl (C=O) groups is 1. The van der Waals surface area contributed by atoms with E-state index in [0.717, 1.165) is 11.3 Å². The number of amides is 1. The lowest BCUT2D eigenvalue weighted by Gasteiger charge is -2.13. The molecular weight excluding hydrogens is 314 g/mol. The van der Waals surface area contributed by atoms with Crippen LogP contribution in [0.5, 0.6) is 0 Å². The molecule has 7 heteroatoms. The zero-order valence-electron chi connectivity index (χ0n) is 12.9. The Kier molecular flexibility index (Phi) is 4.21. The largest absolute Gasteiger partial charge is 0.311 e. The molecule has 0 aliphatic carbocycles. The van der Waals surface area contributed by atoms with Gasteiger partial charge in [-0.2, -0.15) is 5.10 Å². The molecule has 1 aliphatic rings. The fourth-order valence-electron chi connectivity index (χ4n) is 2.82. The van der Waals surface area contributed by atoms with Gasteiger partial charge in [0.05, 0.1) is 29.7 Å². The van der Waals surface area contributed by atoms with Gasteiger partial charge < -0.3 is 5.32 Å². The zero-order valence-corrected chi connectivity index (χ0v) is 13.7. The van der Waals surface area contributed by atoms with Crippen LogP contribution in [0.3, 0.4) is 0 Å². The Balaban J connectivity index is 1.74. The second kappa shape index (κ2) is 6.16. The van der Waals surface area contributed by atoms with Gasteiger partial charge in [-0.05, 0) is 18.9 Å². The van der Waals surface area contributed by atoms with Gasteiger partial charge in [0.15, 0.2) is 9.84 Å². The predicted molar refractivity (Wildman–Crippen MR) is 88.0 cm³/mol. The van der Waals surface area contributed by atoms with Gasteiger partial charge in [0.25, 0.3) is 0 Å². The number of anilines is 1. The van der Waals surface area contributed by atoms with E-state index >= 15 is 0 Å². The summed E-state index contributed by atoms with van der Waals surface area (Å²) in [5.74, 6) is 0.674. The molecule has 2 aromatic rings. The summed E-state index contributed by atoms with van der Waals surface area (Å²) in [5.41, 5.74) is 1.68. The number of benzene rings is 1. The van der Waals surface area contributed by atoms with Crippen LogP contribution in [0, 0.1) is 6.92 Å². The van der Waals surface area contributed by atoms with Crippen molar-refractivity contribution < 1.29 is 13.2 Å². The maximum absolute atomic E-state index is 12.2. The van der Waals surface area contributed by atoms with E-state index in [1.165, 1.54) is 0 Å². The third kappa shape index (κ3) is 3.79. The van der Waals surface area contributed by atoms with E-state index in [1.54, 1.807) is 10.7 Å². The number of hydrogen-bond donors (Lipinski definition) is 1. The van der Waals surface area contributed by atoms with E-state index in [-0.39, 0.29) is 29.9 Å².